The maximum atomic E-state index is 13.9. The van der Waals surface area contributed by atoms with Crippen molar-refractivity contribution in [1.82, 2.24) is 16.0 Å². The molecule has 1 aromatic rings. The highest BCUT2D eigenvalue weighted by Crippen LogP contribution is 2.34. The maximum absolute atomic E-state index is 13.9. The van der Waals surface area contributed by atoms with Crippen molar-refractivity contribution >= 4 is 27.4 Å². The molecule has 0 radical (unpaired) electrons. The van der Waals surface area contributed by atoms with Gasteiger partial charge in [0, 0.05) is 6.04 Å². The van der Waals surface area contributed by atoms with Crippen molar-refractivity contribution in [1.29, 1.82) is 0 Å². The Morgan fingerprint density at radius 2 is 1.64 bits per heavy atom. The third-order valence-electron chi connectivity index (χ3n) is 6.00. The summed E-state index contributed by atoms with van der Waals surface area (Å²) in [5, 5.41) is 6.80. The second-order valence-corrected chi connectivity index (χ2v) is 11.5. The van der Waals surface area contributed by atoms with Gasteiger partial charge in [-0.1, -0.05) is 19.1 Å². The standard InChI is InChI=1S/C23H29F4N3O5S/c1-2-17(19(31)22(33)28-16-9-10-16)30-21(32)18(12-36(34,35)11-13-3-4-13)29-20(23(25,26)27)14-5-7-15(24)8-6-14/h5-8,13,16-18,20,29H,2-4,9-12H2,1H3,(H,28,33)(H,30,32)/t17-,18-,20+/m0/s1. The predicted molar refractivity (Wildman–Crippen MR) is 122 cm³/mol. The van der Waals surface area contributed by atoms with Crippen molar-refractivity contribution in [3.63, 3.8) is 0 Å². The number of rotatable bonds is 13. The van der Waals surface area contributed by atoms with Crippen LogP contribution in [0.25, 0.3) is 0 Å². The first-order valence-corrected chi connectivity index (χ1v) is 13.5. The van der Waals surface area contributed by atoms with E-state index in [0.717, 1.165) is 37.1 Å². The number of amides is 2. The van der Waals surface area contributed by atoms with E-state index in [2.05, 4.69) is 16.0 Å². The first-order chi connectivity index (χ1) is 16.8. The number of nitrogens with one attached hydrogen (secondary N) is 3. The van der Waals surface area contributed by atoms with Crippen LogP contribution in [0, 0.1) is 11.7 Å². The van der Waals surface area contributed by atoms with Gasteiger partial charge in [0.15, 0.2) is 9.84 Å². The number of carbonyl (C=O) groups is 3. The summed E-state index contributed by atoms with van der Waals surface area (Å²) in [6, 6.07) is -2.44. The first-order valence-electron chi connectivity index (χ1n) is 11.7. The Labute approximate surface area is 206 Å². The van der Waals surface area contributed by atoms with E-state index < -0.39 is 68.9 Å². The highest BCUT2D eigenvalue weighted by molar-refractivity contribution is 7.91. The van der Waals surface area contributed by atoms with Gasteiger partial charge in [0.25, 0.3) is 5.91 Å². The van der Waals surface area contributed by atoms with Gasteiger partial charge in [-0.2, -0.15) is 13.2 Å². The minimum atomic E-state index is -4.96. The van der Waals surface area contributed by atoms with Gasteiger partial charge >= 0.3 is 6.18 Å². The molecule has 2 aliphatic carbocycles. The molecule has 3 atom stereocenters. The number of sulfone groups is 1. The predicted octanol–water partition coefficient (Wildman–Crippen LogP) is 1.95. The van der Waals surface area contributed by atoms with Crippen molar-refractivity contribution in [2.75, 3.05) is 11.5 Å². The van der Waals surface area contributed by atoms with Gasteiger partial charge in [-0.05, 0) is 55.7 Å². The van der Waals surface area contributed by atoms with Crippen LogP contribution in [0.3, 0.4) is 0 Å². The number of hydrogen-bond donors (Lipinski definition) is 3. The second kappa shape index (κ2) is 11.2. The van der Waals surface area contributed by atoms with Gasteiger partial charge in [-0.15, -0.1) is 0 Å². The molecule has 0 aliphatic heterocycles. The molecule has 2 amide bonds. The number of alkyl halides is 3. The third-order valence-corrected chi connectivity index (χ3v) is 7.82. The Bertz CT molecular complexity index is 1070. The van der Waals surface area contributed by atoms with Crippen LogP contribution >= 0.6 is 0 Å². The lowest BCUT2D eigenvalue weighted by Crippen LogP contribution is -2.56. The van der Waals surface area contributed by atoms with E-state index >= 15 is 0 Å². The smallest absolute Gasteiger partial charge is 0.347 e. The summed E-state index contributed by atoms with van der Waals surface area (Å²) in [7, 11) is -3.94. The zero-order valence-electron chi connectivity index (χ0n) is 19.6. The van der Waals surface area contributed by atoms with Crippen molar-refractivity contribution in [3.8, 4) is 0 Å². The summed E-state index contributed by atoms with van der Waals surface area (Å²) in [4.78, 5) is 37.7. The molecule has 2 fully saturated rings. The summed E-state index contributed by atoms with van der Waals surface area (Å²) in [5.41, 5.74) is -0.423. The fourth-order valence-corrected chi connectivity index (χ4v) is 5.61. The van der Waals surface area contributed by atoms with Crippen molar-refractivity contribution in [3.05, 3.63) is 35.6 Å². The van der Waals surface area contributed by atoms with Crippen LogP contribution in [0.15, 0.2) is 24.3 Å². The minimum Gasteiger partial charge on any atom is -0.347 e. The summed E-state index contributed by atoms with van der Waals surface area (Å²) in [6.45, 7) is 1.50. The SMILES string of the molecule is CC[C@H](NC(=O)[C@H](CS(=O)(=O)CC1CC1)N[C@H](c1ccc(F)cc1)C(F)(F)F)C(=O)C(=O)NC1CC1. The van der Waals surface area contributed by atoms with Crippen LogP contribution in [-0.4, -0.2) is 61.8 Å². The Morgan fingerprint density at radius 3 is 2.14 bits per heavy atom. The van der Waals surface area contributed by atoms with Crippen molar-refractivity contribution in [2.24, 2.45) is 5.92 Å². The Balaban J connectivity index is 1.82. The molecule has 0 unspecified atom stereocenters. The molecule has 2 aliphatic rings. The largest absolute Gasteiger partial charge is 0.407 e. The van der Waals surface area contributed by atoms with E-state index in [4.69, 9.17) is 0 Å². The molecule has 0 heterocycles. The topological polar surface area (TPSA) is 121 Å². The van der Waals surface area contributed by atoms with Gasteiger partial charge < -0.3 is 10.6 Å². The maximum Gasteiger partial charge on any atom is 0.407 e. The minimum absolute atomic E-state index is 0.0368. The molecular weight excluding hydrogens is 506 g/mol. The zero-order chi connectivity index (χ0) is 26.7. The highest BCUT2D eigenvalue weighted by atomic mass is 32.2. The molecule has 1 aromatic carbocycles. The number of ketones is 1. The molecular formula is C23H29F4N3O5S. The normalized spacial score (nSPS) is 18.7. The van der Waals surface area contributed by atoms with Gasteiger partial charge in [-0.25, -0.2) is 12.8 Å². The van der Waals surface area contributed by atoms with Crippen LogP contribution in [-0.2, 0) is 24.2 Å². The quantitative estimate of drug-likeness (QED) is 0.262. The Kier molecular flexibility index (Phi) is 8.75. The molecule has 8 nitrogen and oxygen atoms in total. The lowest BCUT2D eigenvalue weighted by atomic mass is 10.0. The van der Waals surface area contributed by atoms with Crippen LogP contribution in [0.1, 0.15) is 50.6 Å². The lowest BCUT2D eigenvalue weighted by molar-refractivity contribution is -0.160. The van der Waals surface area contributed by atoms with Gasteiger partial charge in [0.05, 0.1) is 17.5 Å². The molecule has 0 saturated heterocycles. The van der Waals surface area contributed by atoms with E-state index in [-0.39, 0.29) is 24.1 Å². The van der Waals surface area contributed by atoms with Crippen LogP contribution < -0.4 is 16.0 Å². The third kappa shape index (κ3) is 8.26. The van der Waals surface area contributed by atoms with Crippen LogP contribution in [0.2, 0.25) is 0 Å². The van der Waals surface area contributed by atoms with Gasteiger partial charge in [0.1, 0.15) is 17.9 Å². The van der Waals surface area contributed by atoms with Gasteiger partial charge in [-0.3, -0.25) is 19.7 Å². The Morgan fingerprint density at radius 1 is 1.03 bits per heavy atom. The number of Topliss-reactive ketones (excluding diaryl/α,β-unsaturated/α-hetero) is 1. The molecule has 3 N–H and O–H groups in total. The fraction of sp³-hybridized carbons (Fsp3) is 0.609. The molecule has 2 saturated carbocycles. The lowest BCUT2D eigenvalue weighted by Gasteiger charge is -2.28. The zero-order valence-corrected chi connectivity index (χ0v) is 20.4. The summed E-state index contributed by atoms with van der Waals surface area (Å²) >= 11 is 0. The molecule has 36 heavy (non-hydrogen) atoms. The van der Waals surface area contributed by atoms with E-state index in [0.29, 0.717) is 12.8 Å². The molecule has 200 valence electrons. The number of halogens is 4. The van der Waals surface area contributed by atoms with E-state index in [1.54, 1.807) is 0 Å². The molecule has 13 heteroatoms. The van der Waals surface area contributed by atoms with Crippen molar-refractivity contribution < 1.29 is 40.4 Å². The average Bonchev–Trinajstić information content (AvgIpc) is 3.72. The fourth-order valence-electron chi connectivity index (χ4n) is 3.67. The average molecular weight is 536 g/mol. The first kappa shape index (κ1) is 28.0. The monoisotopic (exact) mass is 535 g/mol. The Hall–Kier alpha value is -2.54. The van der Waals surface area contributed by atoms with E-state index in [1.165, 1.54) is 6.92 Å². The summed E-state index contributed by atoms with van der Waals surface area (Å²) in [5.74, 6) is -5.14. The van der Waals surface area contributed by atoms with Gasteiger partial charge in [0.2, 0.25) is 11.7 Å². The summed E-state index contributed by atoms with van der Waals surface area (Å²) in [6.07, 6.45) is -2.21. The molecule has 0 bridgehead atoms. The molecule has 3 rings (SSSR count). The number of carbonyl (C=O) groups excluding carboxylic acids is 3. The van der Waals surface area contributed by atoms with E-state index in [9.17, 15) is 40.4 Å². The summed E-state index contributed by atoms with van der Waals surface area (Å²) < 4.78 is 80.4. The highest BCUT2D eigenvalue weighted by Gasteiger charge is 2.44. The number of benzene rings is 1. The second-order valence-electron chi connectivity index (χ2n) is 9.35. The number of hydrogen-bond acceptors (Lipinski definition) is 6. The van der Waals surface area contributed by atoms with Crippen LogP contribution in [0.4, 0.5) is 17.6 Å². The van der Waals surface area contributed by atoms with E-state index in [1.807, 2.05) is 0 Å². The molecule has 0 aromatic heterocycles. The van der Waals surface area contributed by atoms with Crippen LogP contribution in [0.5, 0.6) is 0 Å². The van der Waals surface area contributed by atoms with Crippen molar-refractivity contribution in [2.45, 2.75) is 69.4 Å². The molecule has 0 spiro atoms.